The van der Waals surface area contributed by atoms with Crippen molar-refractivity contribution in [2.45, 2.75) is 124 Å². The first-order valence-corrected chi connectivity index (χ1v) is 28.1. The van der Waals surface area contributed by atoms with Gasteiger partial charge in [-0.3, -0.25) is 0 Å². The van der Waals surface area contributed by atoms with Gasteiger partial charge in [-0.25, -0.2) is 0 Å². The van der Waals surface area contributed by atoms with E-state index in [2.05, 4.69) is 166 Å². The first-order valence-electron chi connectivity index (χ1n) is 19.3. The van der Waals surface area contributed by atoms with Gasteiger partial charge in [-0.1, -0.05) is 0 Å². The van der Waals surface area contributed by atoms with E-state index in [9.17, 15) is 0 Å². The molecule has 2 unspecified atom stereocenters. The summed E-state index contributed by atoms with van der Waals surface area (Å²) < 4.78 is 1.13. The molecule has 4 aliphatic rings. The Morgan fingerprint density at radius 3 is 1.12 bits per heavy atom. The Morgan fingerprint density at radius 1 is 0.481 bits per heavy atom. The van der Waals surface area contributed by atoms with Crippen LogP contribution in [0.1, 0.15) is 147 Å². The molecule has 4 aromatic carbocycles. The SMILES string of the molecule is CC1=Cc2cc3c(cc2[CH]1[Zr+2]([CH]1C(C)=Cc2cc4c(cc21)C(C)(C)CCC4(C)C)[SiH](c1ccccc1)c1ccccc1)C(C)(C)CCC3(C)C.[Cl-].[Cl-]. The predicted octanol–water partition coefficient (Wildman–Crippen LogP) is 5.17. The van der Waals surface area contributed by atoms with Crippen LogP contribution in [0.4, 0.5) is 0 Å². The van der Waals surface area contributed by atoms with E-state index < -0.39 is 26.8 Å². The van der Waals surface area contributed by atoms with Crippen LogP contribution < -0.4 is 35.2 Å². The van der Waals surface area contributed by atoms with Gasteiger partial charge in [0.2, 0.25) is 0 Å². The molecule has 4 aromatic rings. The first kappa shape index (κ1) is 39.7. The van der Waals surface area contributed by atoms with E-state index in [0.29, 0.717) is 7.25 Å². The van der Waals surface area contributed by atoms with Crippen molar-refractivity contribution in [1.29, 1.82) is 0 Å². The summed E-state index contributed by atoms with van der Waals surface area (Å²) in [5.74, 6) is -1.63. The van der Waals surface area contributed by atoms with E-state index in [1.807, 2.05) is 0 Å². The zero-order valence-corrected chi connectivity index (χ0v) is 38.2. The molecule has 271 valence electrons. The maximum absolute atomic E-state index is 2.76. The Kier molecular flexibility index (Phi) is 10.7. The second kappa shape index (κ2) is 14.0. The van der Waals surface area contributed by atoms with Crippen molar-refractivity contribution in [2.75, 3.05) is 0 Å². The zero-order valence-electron chi connectivity index (χ0n) is 33.1. The number of hydrogen-bond acceptors (Lipinski definition) is 0. The molecule has 0 bridgehead atoms. The Hall–Kier alpha value is -1.96. The molecule has 52 heavy (non-hydrogen) atoms. The van der Waals surface area contributed by atoms with Gasteiger partial charge in [0.05, 0.1) is 0 Å². The smallest absolute Gasteiger partial charge is 1.00 e. The molecular weight excluding hydrogens is 767 g/mol. The molecular formula is C48H57Cl2SiZr. The van der Waals surface area contributed by atoms with Crippen LogP contribution in [-0.4, -0.2) is 5.92 Å². The Balaban J connectivity index is 0.00000232. The quantitative estimate of drug-likeness (QED) is 0.244. The van der Waals surface area contributed by atoms with Crippen molar-refractivity contribution in [3.05, 3.63) is 141 Å². The van der Waals surface area contributed by atoms with E-state index >= 15 is 0 Å². The third kappa shape index (κ3) is 6.48. The van der Waals surface area contributed by atoms with Crippen LogP contribution in [0, 0.1) is 0 Å². The van der Waals surface area contributed by atoms with Crippen LogP contribution >= 0.6 is 0 Å². The molecule has 0 aliphatic heterocycles. The minimum Gasteiger partial charge on any atom is -1.00 e. The average Bonchev–Trinajstić information content (AvgIpc) is 3.58. The van der Waals surface area contributed by atoms with Gasteiger partial charge in [-0.2, -0.15) is 0 Å². The van der Waals surface area contributed by atoms with E-state index in [1.165, 1.54) is 36.8 Å². The Labute approximate surface area is 336 Å². The van der Waals surface area contributed by atoms with Crippen LogP contribution in [0.15, 0.2) is 96.1 Å². The van der Waals surface area contributed by atoms with Crippen LogP contribution in [0.5, 0.6) is 0 Å². The Morgan fingerprint density at radius 2 is 0.788 bits per heavy atom. The summed E-state index contributed by atoms with van der Waals surface area (Å²) >= 11 is -2.63. The summed E-state index contributed by atoms with van der Waals surface area (Å²) in [6.45, 7) is 25.0. The molecule has 0 fully saturated rings. The van der Waals surface area contributed by atoms with E-state index in [1.54, 1.807) is 54.9 Å². The fourth-order valence-electron chi connectivity index (χ4n) is 10.4. The maximum Gasteiger partial charge on any atom is -1.00 e. The number of rotatable bonds is 5. The third-order valence-corrected chi connectivity index (χ3v) is 37.3. The van der Waals surface area contributed by atoms with Crippen LogP contribution in [-0.2, 0) is 42.6 Å². The van der Waals surface area contributed by atoms with Gasteiger partial charge >= 0.3 is 314 Å². The van der Waals surface area contributed by atoms with E-state index in [4.69, 9.17) is 0 Å². The number of allylic oxidation sites excluding steroid dienone is 2. The fraction of sp³-hybridized carbons (Fsp3) is 0.417. The summed E-state index contributed by atoms with van der Waals surface area (Å²) in [6, 6.07) is 34.6. The standard InChI is InChI=1S/2C18H23.C12H11Si.2ClH.Zr/c2*1-12-8-13-10-15-16(11-14(13)9-12)18(4,5)7-6-17(15,2)3;1-3-7-11(8-4-1)13-12-9-5-2-6-10-12;;;/h2*8-11H,6-7H2,1-5H3;1-10,13H;2*1H;/q;;;;;+2/p-2. The molecule has 2 atom stereocenters. The van der Waals surface area contributed by atoms with Crippen molar-refractivity contribution in [3.63, 3.8) is 0 Å². The molecule has 0 aromatic heterocycles. The van der Waals surface area contributed by atoms with Crippen molar-refractivity contribution in [2.24, 2.45) is 0 Å². The second-order valence-electron chi connectivity index (χ2n) is 19.0. The largest absolute Gasteiger partial charge is 1.00 e. The van der Waals surface area contributed by atoms with Gasteiger partial charge in [0.1, 0.15) is 0 Å². The summed E-state index contributed by atoms with van der Waals surface area (Å²) in [6.07, 6.45) is 10.3. The normalized spacial score (nSPS) is 22.4. The number of fused-ring (bicyclic) bond motifs is 4. The molecule has 4 heteroatoms. The topological polar surface area (TPSA) is 0 Å². The monoisotopic (exact) mass is 821 g/mol. The van der Waals surface area contributed by atoms with Gasteiger partial charge in [-0.05, 0) is 0 Å². The third-order valence-electron chi connectivity index (χ3n) is 13.7. The summed E-state index contributed by atoms with van der Waals surface area (Å²) in [5.41, 5.74) is 17.0. The predicted molar refractivity (Wildman–Crippen MR) is 216 cm³/mol. The van der Waals surface area contributed by atoms with Crippen molar-refractivity contribution in [3.8, 4) is 0 Å². The molecule has 0 N–H and O–H groups in total. The molecule has 0 saturated heterocycles. The van der Waals surface area contributed by atoms with Crippen LogP contribution in [0.2, 0.25) is 0 Å². The van der Waals surface area contributed by atoms with Gasteiger partial charge < -0.3 is 24.8 Å². The van der Waals surface area contributed by atoms with Gasteiger partial charge in [0, 0.05) is 0 Å². The van der Waals surface area contributed by atoms with Gasteiger partial charge in [0.15, 0.2) is 0 Å². The fourth-order valence-corrected chi connectivity index (χ4v) is 39.0. The molecule has 0 amide bonds. The summed E-state index contributed by atoms with van der Waals surface area (Å²) in [5, 5.41) is 3.30. The van der Waals surface area contributed by atoms with Crippen molar-refractivity contribution < 1.29 is 45.7 Å². The number of benzene rings is 4. The average molecular weight is 824 g/mol. The molecule has 0 heterocycles. The Bertz CT molecular complexity index is 1910. The molecule has 0 saturated carbocycles. The molecule has 0 nitrogen and oxygen atoms in total. The minimum absolute atomic E-state index is 0. The van der Waals surface area contributed by atoms with Crippen molar-refractivity contribution in [1.82, 2.24) is 0 Å². The number of halogens is 2. The van der Waals surface area contributed by atoms with Crippen LogP contribution in [0.3, 0.4) is 0 Å². The zero-order chi connectivity index (χ0) is 35.4. The summed E-state index contributed by atoms with van der Waals surface area (Å²) in [7, 11) is 0. The van der Waals surface area contributed by atoms with E-state index in [-0.39, 0.29) is 46.5 Å². The summed E-state index contributed by atoms with van der Waals surface area (Å²) in [4.78, 5) is 0. The van der Waals surface area contributed by atoms with E-state index in [0.717, 1.165) is 0 Å². The first-order chi connectivity index (χ1) is 23.6. The second-order valence-corrected chi connectivity index (χ2v) is 34.7. The molecule has 8 rings (SSSR count). The van der Waals surface area contributed by atoms with Crippen LogP contribution in [0.25, 0.3) is 12.2 Å². The van der Waals surface area contributed by atoms with Gasteiger partial charge in [0.25, 0.3) is 0 Å². The number of hydrogen-bond donors (Lipinski definition) is 0. The molecule has 4 aliphatic carbocycles. The molecule has 0 spiro atoms. The minimum atomic E-state index is -2.63. The maximum atomic E-state index is 2.76. The van der Waals surface area contributed by atoms with Gasteiger partial charge in [-0.15, -0.1) is 0 Å². The molecule has 0 radical (unpaired) electrons. The van der Waals surface area contributed by atoms with Crippen molar-refractivity contribution >= 4 is 28.4 Å².